The SMILES string of the molecule is COC(=O)NC1CC(CCC(=O)O)CN(CC2CC2)C1. The number of nitrogens with zero attached hydrogens (tertiary/aromatic N) is 1. The van der Waals surface area contributed by atoms with Crippen molar-refractivity contribution in [3.8, 4) is 0 Å². The van der Waals surface area contributed by atoms with E-state index >= 15 is 0 Å². The summed E-state index contributed by atoms with van der Waals surface area (Å²) in [6.45, 7) is 2.86. The van der Waals surface area contributed by atoms with Crippen molar-refractivity contribution in [1.82, 2.24) is 10.2 Å². The molecule has 0 aromatic heterocycles. The van der Waals surface area contributed by atoms with Crippen LogP contribution >= 0.6 is 0 Å². The highest BCUT2D eigenvalue weighted by atomic mass is 16.5. The van der Waals surface area contributed by atoms with Crippen LogP contribution in [0.4, 0.5) is 4.79 Å². The maximum absolute atomic E-state index is 11.3. The molecule has 2 N–H and O–H groups in total. The van der Waals surface area contributed by atoms with Crippen LogP contribution in [0.1, 0.15) is 32.1 Å². The Balaban J connectivity index is 1.86. The van der Waals surface area contributed by atoms with Gasteiger partial charge in [-0.3, -0.25) is 4.79 Å². The van der Waals surface area contributed by atoms with Gasteiger partial charge in [-0.15, -0.1) is 0 Å². The van der Waals surface area contributed by atoms with Gasteiger partial charge in [-0.25, -0.2) is 4.79 Å². The minimum Gasteiger partial charge on any atom is -0.481 e. The van der Waals surface area contributed by atoms with Gasteiger partial charge >= 0.3 is 12.1 Å². The van der Waals surface area contributed by atoms with E-state index in [4.69, 9.17) is 5.11 Å². The number of methoxy groups -OCH3 is 1. The molecule has 2 aliphatic rings. The zero-order valence-electron chi connectivity index (χ0n) is 12.0. The Kier molecular flexibility index (Phi) is 5.23. The lowest BCUT2D eigenvalue weighted by Crippen LogP contribution is -2.51. The zero-order chi connectivity index (χ0) is 14.5. The van der Waals surface area contributed by atoms with Crippen molar-refractivity contribution in [2.45, 2.75) is 38.1 Å². The Morgan fingerprint density at radius 2 is 2.05 bits per heavy atom. The number of carbonyl (C=O) groups is 2. The second-order valence-electron chi connectivity index (χ2n) is 6.03. The highest BCUT2D eigenvalue weighted by Crippen LogP contribution is 2.32. The molecule has 1 aliphatic carbocycles. The van der Waals surface area contributed by atoms with Crippen molar-refractivity contribution in [2.24, 2.45) is 11.8 Å². The number of likely N-dealkylation sites (tertiary alicyclic amines) is 1. The number of carboxylic acid groups (broad SMARTS) is 1. The molecule has 2 unspecified atom stereocenters. The lowest BCUT2D eigenvalue weighted by Gasteiger charge is -2.38. The molecule has 0 radical (unpaired) electrons. The van der Waals surface area contributed by atoms with E-state index < -0.39 is 12.1 Å². The van der Waals surface area contributed by atoms with Crippen LogP contribution in [-0.4, -0.2) is 54.9 Å². The van der Waals surface area contributed by atoms with Gasteiger partial charge in [0.05, 0.1) is 7.11 Å². The number of nitrogens with one attached hydrogen (secondary N) is 1. The van der Waals surface area contributed by atoms with Crippen molar-refractivity contribution in [2.75, 3.05) is 26.7 Å². The Bertz CT molecular complexity index is 357. The molecular formula is C14H24N2O4. The van der Waals surface area contributed by atoms with E-state index in [1.54, 1.807) is 0 Å². The van der Waals surface area contributed by atoms with E-state index in [2.05, 4.69) is 15.0 Å². The Morgan fingerprint density at radius 3 is 2.65 bits per heavy atom. The summed E-state index contributed by atoms with van der Waals surface area (Å²) >= 11 is 0. The molecule has 20 heavy (non-hydrogen) atoms. The number of alkyl carbamates (subject to hydrolysis) is 1. The van der Waals surface area contributed by atoms with Gasteiger partial charge in [0.15, 0.2) is 0 Å². The Labute approximate surface area is 119 Å². The van der Waals surface area contributed by atoms with Gasteiger partial charge in [0.2, 0.25) is 0 Å². The third-order valence-electron chi connectivity index (χ3n) is 4.10. The second-order valence-corrected chi connectivity index (χ2v) is 6.03. The minimum absolute atomic E-state index is 0.0637. The van der Waals surface area contributed by atoms with Gasteiger partial charge in [0.25, 0.3) is 0 Å². The number of hydrogen-bond donors (Lipinski definition) is 2. The van der Waals surface area contributed by atoms with Gasteiger partial charge in [0.1, 0.15) is 0 Å². The molecule has 2 atom stereocenters. The van der Waals surface area contributed by atoms with Crippen molar-refractivity contribution >= 4 is 12.1 Å². The number of amides is 1. The fraction of sp³-hybridized carbons (Fsp3) is 0.857. The predicted molar refractivity (Wildman–Crippen MR) is 73.5 cm³/mol. The first-order valence-corrected chi connectivity index (χ1v) is 7.35. The largest absolute Gasteiger partial charge is 0.481 e. The van der Waals surface area contributed by atoms with Crippen LogP contribution < -0.4 is 5.32 Å². The fourth-order valence-electron chi connectivity index (χ4n) is 2.98. The van der Waals surface area contributed by atoms with Crippen LogP contribution in [0.2, 0.25) is 0 Å². The lowest BCUT2D eigenvalue weighted by atomic mass is 9.90. The first-order valence-electron chi connectivity index (χ1n) is 7.35. The van der Waals surface area contributed by atoms with E-state index in [1.807, 2.05) is 0 Å². The van der Waals surface area contributed by atoms with Crippen LogP contribution in [0, 0.1) is 11.8 Å². The lowest BCUT2D eigenvalue weighted by molar-refractivity contribution is -0.137. The average Bonchev–Trinajstić information content (AvgIpc) is 3.20. The third kappa shape index (κ3) is 5.00. The summed E-state index contributed by atoms with van der Waals surface area (Å²) in [5.74, 6) is 0.384. The molecule has 1 saturated carbocycles. The highest BCUT2D eigenvalue weighted by molar-refractivity contribution is 5.67. The molecule has 114 valence electrons. The predicted octanol–water partition coefficient (Wildman–Crippen LogP) is 1.31. The first kappa shape index (κ1) is 15.1. The molecule has 0 spiro atoms. The van der Waals surface area contributed by atoms with Gasteiger partial charge in [-0.2, -0.15) is 0 Å². The number of aliphatic carboxylic acids is 1. The zero-order valence-corrected chi connectivity index (χ0v) is 12.0. The van der Waals surface area contributed by atoms with E-state index in [-0.39, 0.29) is 12.5 Å². The van der Waals surface area contributed by atoms with Crippen LogP contribution in [-0.2, 0) is 9.53 Å². The summed E-state index contributed by atoms with van der Waals surface area (Å²) in [6.07, 6.45) is 3.91. The third-order valence-corrected chi connectivity index (χ3v) is 4.10. The summed E-state index contributed by atoms with van der Waals surface area (Å²) in [7, 11) is 1.36. The number of hydrogen-bond acceptors (Lipinski definition) is 4. The van der Waals surface area contributed by atoms with Crippen LogP contribution in [0.25, 0.3) is 0 Å². The van der Waals surface area contributed by atoms with Crippen molar-refractivity contribution in [1.29, 1.82) is 0 Å². The molecule has 1 aliphatic heterocycles. The summed E-state index contributed by atoms with van der Waals surface area (Å²) in [6, 6.07) is 0.0637. The molecule has 0 bridgehead atoms. The van der Waals surface area contributed by atoms with Crippen molar-refractivity contribution in [3.63, 3.8) is 0 Å². The van der Waals surface area contributed by atoms with Gasteiger partial charge in [-0.1, -0.05) is 0 Å². The molecule has 2 fully saturated rings. The summed E-state index contributed by atoms with van der Waals surface area (Å²) < 4.78 is 4.65. The van der Waals surface area contributed by atoms with Gasteiger partial charge < -0.3 is 20.1 Å². The average molecular weight is 284 g/mol. The maximum atomic E-state index is 11.3. The maximum Gasteiger partial charge on any atom is 0.407 e. The van der Waals surface area contributed by atoms with Crippen molar-refractivity contribution in [3.05, 3.63) is 0 Å². The summed E-state index contributed by atoms with van der Waals surface area (Å²) in [5, 5.41) is 11.7. The molecule has 0 aromatic rings. The molecule has 1 heterocycles. The second kappa shape index (κ2) is 6.92. The number of rotatable bonds is 6. The minimum atomic E-state index is -0.748. The monoisotopic (exact) mass is 284 g/mol. The van der Waals surface area contributed by atoms with Crippen LogP contribution in [0.5, 0.6) is 0 Å². The van der Waals surface area contributed by atoms with Crippen LogP contribution in [0.15, 0.2) is 0 Å². The number of piperidine rings is 1. The number of ether oxygens (including phenoxy) is 1. The van der Waals surface area contributed by atoms with E-state index in [0.717, 1.165) is 32.0 Å². The normalized spacial score (nSPS) is 27.1. The molecule has 0 aromatic carbocycles. The van der Waals surface area contributed by atoms with Crippen LogP contribution in [0.3, 0.4) is 0 Å². The van der Waals surface area contributed by atoms with E-state index in [9.17, 15) is 9.59 Å². The quantitative estimate of drug-likeness (QED) is 0.769. The van der Waals surface area contributed by atoms with E-state index in [1.165, 1.54) is 20.0 Å². The summed E-state index contributed by atoms with van der Waals surface area (Å²) in [4.78, 5) is 24.4. The topological polar surface area (TPSA) is 78.9 Å². The molecular weight excluding hydrogens is 260 g/mol. The van der Waals surface area contributed by atoms with Gasteiger partial charge in [-0.05, 0) is 37.5 Å². The molecule has 1 saturated heterocycles. The summed E-state index contributed by atoms with van der Waals surface area (Å²) in [5.41, 5.74) is 0. The molecule has 6 nitrogen and oxygen atoms in total. The standard InChI is InChI=1S/C14H24N2O4/c1-20-14(19)15-12-6-11(4-5-13(17)18)8-16(9-12)7-10-2-3-10/h10-12H,2-9H2,1H3,(H,15,19)(H,17,18). The van der Waals surface area contributed by atoms with Gasteiger partial charge in [0, 0.05) is 32.1 Å². The highest BCUT2D eigenvalue weighted by Gasteiger charge is 2.32. The smallest absolute Gasteiger partial charge is 0.407 e. The van der Waals surface area contributed by atoms with E-state index in [0.29, 0.717) is 12.3 Å². The molecule has 2 rings (SSSR count). The molecule has 6 heteroatoms. The Morgan fingerprint density at radius 1 is 1.30 bits per heavy atom. The molecule has 1 amide bonds. The number of carboxylic acids is 1. The number of carbonyl (C=O) groups excluding carboxylic acids is 1. The fourth-order valence-corrected chi connectivity index (χ4v) is 2.98. The van der Waals surface area contributed by atoms with Crippen molar-refractivity contribution < 1.29 is 19.4 Å². The first-order chi connectivity index (χ1) is 9.56. The Hall–Kier alpha value is -1.30.